The van der Waals surface area contributed by atoms with E-state index in [0.717, 1.165) is 44.8 Å². The van der Waals surface area contributed by atoms with Crippen LogP contribution < -0.4 is 24.8 Å². The van der Waals surface area contributed by atoms with Gasteiger partial charge in [0, 0.05) is 54.6 Å². The molecule has 46 heavy (non-hydrogen) atoms. The highest BCUT2D eigenvalue weighted by atomic mass is 32.1. The molecule has 1 aromatic heterocycles. The number of anilines is 1. The summed E-state index contributed by atoms with van der Waals surface area (Å²) in [6.45, 7) is 6.67. The lowest BCUT2D eigenvalue weighted by Gasteiger charge is -2.26. The van der Waals surface area contributed by atoms with Gasteiger partial charge in [0.2, 0.25) is 5.91 Å². The molecule has 3 aromatic carbocycles. The second-order valence-electron chi connectivity index (χ2n) is 10.7. The molecule has 12 heteroatoms. The molecule has 1 fully saturated rings. The summed E-state index contributed by atoms with van der Waals surface area (Å²) in [6.07, 6.45) is 2.05. The number of aryl methyl sites for hydroxylation is 1. The van der Waals surface area contributed by atoms with Gasteiger partial charge in [-0.1, -0.05) is 23.8 Å². The molecule has 4 aromatic rings. The predicted octanol–water partition coefficient (Wildman–Crippen LogP) is 5.67. The predicted molar refractivity (Wildman–Crippen MR) is 177 cm³/mol. The van der Waals surface area contributed by atoms with E-state index in [1.165, 1.54) is 12.1 Å². The zero-order chi connectivity index (χ0) is 32.5. The number of nitrogens with one attached hydrogen (secondary N) is 2. The second kappa shape index (κ2) is 15.6. The number of rotatable bonds is 12. The number of pyridine rings is 1. The van der Waals surface area contributed by atoms with Gasteiger partial charge in [-0.15, -0.1) is 0 Å². The fraction of sp³-hybridized carbons (Fsp3) is 0.294. The van der Waals surface area contributed by atoms with Crippen molar-refractivity contribution >= 4 is 45.6 Å². The fourth-order valence-corrected chi connectivity index (χ4v) is 5.20. The lowest BCUT2D eigenvalue weighted by molar-refractivity contribution is -0.118. The largest absolute Gasteiger partial charge is 0.493 e. The van der Waals surface area contributed by atoms with Gasteiger partial charge in [0.15, 0.2) is 34.0 Å². The summed E-state index contributed by atoms with van der Waals surface area (Å²) >= 11 is 5.19. The first kappa shape index (κ1) is 32.7. The van der Waals surface area contributed by atoms with Gasteiger partial charge >= 0.3 is 0 Å². The van der Waals surface area contributed by atoms with E-state index in [1.54, 1.807) is 55.8 Å². The molecule has 2 heterocycles. The quantitative estimate of drug-likeness (QED) is 0.0865. The molecule has 240 valence electrons. The number of carbonyl (C=O) groups excluding carboxylic acids is 2. The van der Waals surface area contributed by atoms with E-state index in [0.29, 0.717) is 40.3 Å². The Labute approximate surface area is 271 Å². The molecule has 0 bridgehead atoms. The van der Waals surface area contributed by atoms with Crippen molar-refractivity contribution in [3.63, 3.8) is 0 Å². The van der Waals surface area contributed by atoms with Gasteiger partial charge in [0.25, 0.3) is 0 Å². The zero-order valence-electron chi connectivity index (χ0n) is 25.6. The van der Waals surface area contributed by atoms with Crippen molar-refractivity contribution in [3.05, 3.63) is 83.8 Å². The minimum atomic E-state index is -0.661. The third-order valence-electron chi connectivity index (χ3n) is 7.29. The van der Waals surface area contributed by atoms with Gasteiger partial charge in [-0.2, -0.15) is 0 Å². The Hall–Kier alpha value is -4.65. The van der Waals surface area contributed by atoms with Crippen LogP contribution in [0.25, 0.3) is 10.9 Å². The van der Waals surface area contributed by atoms with Crippen LogP contribution in [0.4, 0.5) is 10.1 Å². The third kappa shape index (κ3) is 8.75. The molecule has 1 aliphatic rings. The maximum Gasteiger partial charge on any atom is 0.233 e. The van der Waals surface area contributed by atoms with Crippen LogP contribution in [0.5, 0.6) is 23.0 Å². The number of benzene rings is 3. The molecular formula is C34H35FN4O6S. The number of aromatic nitrogens is 1. The second-order valence-corrected chi connectivity index (χ2v) is 11.1. The van der Waals surface area contributed by atoms with Crippen molar-refractivity contribution in [2.75, 3.05) is 51.9 Å². The molecule has 2 N–H and O–H groups in total. The molecule has 5 rings (SSSR count). The summed E-state index contributed by atoms with van der Waals surface area (Å²) in [4.78, 5) is 31.6. The van der Waals surface area contributed by atoms with E-state index < -0.39 is 11.7 Å². The Balaban J connectivity index is 1.18. The summed E-state index contributed by atoms with van der Waals surface area (Å²) in [5.74, 6) is -0.154. The number of ether oxygens (including phenoxy) is 4. The van der Waals surface area contributed by atoms with E-state index >= 15 is 4.39 Å². The summed E-state index contributed by atoms with van der Waals surface area (Å²) in [7, 11) is 1.55. The topological polar surface area (TPSA) is 111 Å². The molecule has 0 saturated carbocycles. The van der Waals surface area contributed by atoms with Crippen molar-refractivity contribution in [2.24, 2.45) is 0 Å². The van der Waals surface area contributed by atoms with Crippen molar-refractivity contribution in [1.29, 1.82) is 0 Å². The van der Waals surface area contributed by atoms with E-state index in [2.05, 4.69) is 20.5 Å². The van der Waals surface area contributed by atoms with E-state index in [-0.39, 0.29) is 28.8 Å². The maximum atomic E-state index is 15.1. The Morgan fingerprint density at radius 2 is 1.85 bits per heavy atom. The molecular weight excluding hydrogens is 611 g/mol. The van der Waals surface area contributed by atoms with Crippen LogP contribution in [0.2, 0.25) is 0 Å². The van der Waals surface area contributed by atoms with Crippen LogP contribution in [0.3, 0.4) is 0 Å². The number of hydrogen-bond donors (Lipinski definition) is 2. The van der Waals surface area contributed by atoms with Gasteiger partial charge in [0.1, 0.15) is 5.75 Å². The van der Waals surface area contributed by atoms with Gasteiger partial charge in [-0.3, -0.25) is 19.5 Å². The van der Waals surface area contributed by atoms with E-state index in [1.807, 2.05) is 13.0 Å². The SMILES string of the molecule is COc1cc2c(Oc3ccc(NC(=S)NC(=O)CC(=O)c4cccc(C)c4)cc3F)ccnc2cc1OCCCN1CCOCC1. The molecule has 1 saturated heterocycles. The lowest BCUT2D eigenvalue weighted by Crippen LogP contribution is -2.37. The first-order valence-corrected chi connectivity index (χ1v) is 15.3. The minimum Gasteiger partial charge on any atom is -0.493 e. The van der Waals surface area contributed by atoms with Crippen LogP contribution in [0, 0.1) is 12.7 Å². The molecule has 1 aliphatic heterocycles. The average Bonchev–Trinajstić information content (AvgIpc) is 3.04. The number of thiocarbonyl (C=S) groups is 1. The number of morpholine rings is 1. The van der Waals surface area contributed by atoms with Crippen LogP contribution in [-0.4, -0.2) is 73.3 Å². The van der Waals surface area contributed by atoms with Crippen LogP contribution in [0.1, 0.15) is 28.8 Å². The average molecular weight is 647 g/mol. The first-order valence-electron chi connectivity index (χ1n) is 14.9. The molecule has 0 spiro atoms. The standard InChI is InChI=1S/C34H35FN4O6S/c1-22-5-3-6-23(17-22)28(40)21-33(41)38-34(46)37-24-7-8-30(26(35)18-24)45-29-9-10-36-27-20-32(31(42-2)19-25(27)29)44-14-4-11-39-12-15-43-16-13-39/h3,5-10,17-20H,4,11-16,21H2,1-2H3,(H2,37,38,41,46). The Morgan fingerprint density at radius 3 is 2.61 bits per heavy atom. The fourth-order valence-electron chi connectivity index (χ4n) is 4.96. The van der Waals surface area contributed by atoms with Crippen LogP contribution in [-0.2, 0) is 9.53 Å². The molecule has 0 aliphatic carbocycles. The normalized spacial score (nSPS) is 13.2. The Bertz CT molecular complexity index is 1730. The summed E-state index contributed by atoms with van der Waals surface area (Å²) in [5, 5.41) is 5.76. The lowest BCUT2D eigenvalue weighted by atomic mass is 10.1. The number of ketones is 1. The highest BCUT2D eigenvalue weighted by molar-refractivity contribution is 7.80. The number of halogens is 1. The van der Waals surface area contributed by atoms with Crippen molar-refractivity contribution in [1.82, 2.24) is 15.2 Å². The first-order chi connectivity index (χ1) is 22.3. The zero-order valence-corrected chi connectivity index (χ0v) is 26.5. The molecule has 0 unspecified atom stereocenters. The highest BCUT2D eigenvalue weighted by Crippen LogP contribution is 2.38. The third-order valence-corrected chi connectivity index (χ3v) is 7.49. The number of amides is 1. The number of Topliss-reactive ketones (excluding diaryl/α,β-unsaturated/α-hetero) is 1. The van der Waals surface area contributed by atoms with Crippen LogP contribution in [0.15, 0.2) is 66.9 Å². The number of fused-ring (bicyclic) bond motifs is 1. The maximum absolute atomic E-state index is 15.1. The molecule has 1 amide bonds. The minimum absolute atomic E-state index is 0.0286. The summed E-state index contributed by atoms with van der Waals surface area (Å²) in [6, 6.07) is 16.4. The van der Waals surface area contributed by atoms with Gasteiger partial charge < -0.3 is 29.6 Å². The van der Waals surface area contributed by atoms with Crippen LogP contribution >= 0.6 is 12.2 Å². The monoisotopic (exact) mass is 646 g/mol. The smallest absolute Gasteiger partial charge is 0.233 e. The van der Waals surface area contributed by atoms with Crippen molar-refractivity contribution < 1.29 is 32.9 Å². The Morgan fingerprint density at radius 1 is 1.02 bits per heavy atom. The molecule has 10 nitrogen and oxygen atoms in total. The number of nitrogens with zero attached hydrogens (tertiary/aromatic N) is 2. The molecule has 0 atom stereocenters. The van der Waals surface area contributed by atoms with Gasteiger partial charge in [-0.25, -0.2) is 4.39 Å². The Kier molecular flexibility index (Phi) is 11.1. The van der Waals surface area contributed by atoms with E-state index in [4.69, 9.17) is 31.2 Å². The molecule has 0 radical (unpaired) electrons. The number of carbonyl (C=O) groups is 2. The van der Waals surface area contributed by atoms with E-state index in [9.17, 15) is 9.59 Å². The van der Waals surface area contributed by atoms with Gasteiger partial charge in [0.05, 0.1) is 38.9 Å². The summed E-state index contributed by atoms with van der Waals surface area (Å²) < 4.78 is 38.1. The van der Waals surface area contributed by atoms with Crippen molar-refractivity contribution in [3.8, 4) is 23.0 Å². The van der Waals surface area contributed by atoms with Crippen molar-refractivity contribution in [2.45, 2.75) is 19.8 Å². The van der Waals surface area contributed by atoms with Gasteiger partial charge in [-0.05, 0) is 55.9 Å². The number of hydrogen-bond acceptors (Lipinski definition) is 9. The number of methoxy groups -OCH3 is 1. The summed E-state index contributed by atoms with van der Waals surface area (Å²) in [5.41, 5.74) is 2.25. The highest BCUT2D eigenvalue weighted by Gasteiger charge is 2.16.